The summed E-state index contributed by atoms with van der Waals surface area (Å²) in [6.07, 6.45) is 0. The van der Waals surface area contributed by atoms with E-state index in [0.717, 1.165) is 11.1 Å². The minimum absolute atomic E-state index is 0. The van der Waals surface area contributed by atoms with E-state index in [-0.39, 0.29) is 80.1 Å². The second-order valence-electron chi connectivity index (χ2n) is 1.94. The van der Waals surface area contributed by atoms with Crippen LogP contribution in [0, 0.1) is 26.0 Å². The molecule has 1 aromatic rings. The number of rotatable bonds is 0. The van der Waals surface area contributed by atoms with Crippen LogP contribution in [0.1, 0.15) is 11.1 Å². The normalized spacial score (nSPS) is 6.17. The fourth-order valence-electron chi connectivity index (χ4n) is 0.528. The smallest absolute Gasteiger partial charge is 1.00 e. The minimum Gasteiger partial charge on any atom is -1.00 e. The zero-order chi connectivity index (χ0) is 5.98. The van der Waals surface area contributed by atoms with Gasteiger partial charge in [0.15, 0.2) is 0 Å². The molecule has 0 aromatic heterocycles. The molecule has 0 amide bonds. The van der Waals surface area contributed by atoms with E-state index in [9.17, 15) is 0 Å². The standard InChI is InChI=1S/C8H8.2BrH.2Mg/c1-7-3-5-8(2)6-4-7;;;;/h3,6H,1-2H3;2*1H;;/q-2;;;2*+2/p-2. The van der Waals surface area contributed by atoms with E-state index in [2.05, 4.69) is 12.1 Å². The molecule has 1 aromatic carbocycles. The van der Waals surface area contributed by atoms with Gasteiger partial charge in [-0.1, -0.05) is 0 Å². The van der Waals surface area contributed by atoms with Crippen LogP contribution >= 0.6 is 0 Å². The van der Waals surface area contributed by atoms with Crippen LogP contribution in [-0.4, -0.2) is 46.1 Å². The van der Waals surface area contributed by atoms with Gasteiger partial charge in [-0.15, -0.1) is 13.8 Å². The first-order chi connectivity index (χ1) is 3.79. The Morgan fingerprint density at radius 3 is 1.25 bits per heavy atom. The Morgan fingerprint density at radius 1 is 0.833 bits per heavy atom. The first kappa shape index (κ1) is 23.5. The average Bonchev–Trinajstić information content (AvgIpc) is 1.77. The molecule has 0 aliphatic carbocycles. The monoisotopic (exact) mass is 310 g/mol. The SMILES string of the molecule is Cc1[c-]cc(C)[c-]c1.[Br-].[Br-].[Mg+2].[Mg+2]. The molecule has 58 valence electrons. The van der Waals surface area contributed by atoms with E-state index < -0.39 is 0 Å². The fraction of sp³-hybridized carbons (Fsp3) is 0.250. The van der Waals surface area contributed by atoms with E-state index in [1.807, 2.05) is 26.0 Å². The molecule has 0 atom stereocenters. The number of hydrogen-bond acceptors (Lipinski definition) is 0. The summed E-state index contributed by atoms with van der Waals surface area (Å²) < 4.78 is 0. The van der Waals surface area contributed by atoms with E-state index in [1.54, 1.807) is 0 Å². The molecule has 0 aliphatic rings. The van der Waals surface area contributed by atoms with Crippen molar-refractivity contribution in [2.45, 2.75) is 13.8 Å². The van der Waals surface area contributed by atoms with E-state index in [0.29, 0.717) is 0 Å². The van der Waals surface area contributed by atoms with Gasteiger partial charge in [-0.05, 0) is 0 Å². The van der Waals surface area contributed by atoms with Crippen molar-refractivity contribution >= 4 is 46.1 Å². The summed E-state index contributed by atoms with van der Waals surface area (Å²) in [6, 6.07) is 10.0. The third kappa shape index (κ3) is 9.80. The predicted octanol–water partition coefficient (Wildman–Crippen LogP) is -4.85. The van der Waals surface area contributed by atoms with Crippen molar-refractivity contribution in [3.63, 3.8) is 0 Å². The van der Waals surface area contributed by atoms with Crippen molar-refractivity contribution in [1.82, 2.24) is 0 Å². The van der Waals surface area contributed by atoms with E-state index in [4.69, 9.17) is 0 Å². The van der Waals surface area contributed by atoms with Crippen molar-refractivity contribution in [3.8, 4) is 0 Å². The van der Waals surface area contributed by atoms with Gasteiger partial charge in [0.25, 0.3) is 0 Å². The van der Waals surface area contributed by atoms with Crippen molar-refractivity contribution in [1.29, 1.82) is 0 Å². The summed E-state index contributed by atoms with van der Waals surface area (Å²) in [5, 5.41) is 0. The van der Waals surface area contributed by atoms with Crippen LogP contribution in [0.5, 0.6) is 0 Å². The second kappa shape index (κ2) is 12.7. The van der Waals surface area contributed by atoms with Gasteiger partial charge in [-0.3, -0.25) is 23.3 Å². The Labute approximate surface area is 128 Å². The molecule has 0 aliphatic heterocycles. The minimum atomic E-state index is 0. The van der Waals surface area contributed by atoms with Crippen molar-refractivity contribution in [2.75, 3.05) is 0 Å². The molecule has 0 radical (unpaired) electrons. The van der Waals surface area contributed by atoms with E-state index >= 15 is 0 Å². The molecule has 12 heavy (non-hydrogen) atoms. The molecule has 0 nitrogen and oxygen atoms in total. The van der Waals surface area contributed by atoms with Gasteiger partial charge in [0.05, 0.1) is 0 Å². The van der Waals surface area contributed by atoms with Crippen LogP contribution in [0.25, 0.3) is 0 Å². The zero-order valence-corrected chi connectivity index (χ0v) is 13.3. The van der Waals surface area contributed by atoms with Gasteiger partial charge >= 0.3 is 46.1 Å². The molecule has 0 fully saturated rings. The van der Waals surface area contributed by atoms with Gasteiger partial charge in [-0.2, -0.15) is 0 Å². The van der Waals surface area contributed by atoms with Crippen LogP contribution in [0.3, 0.4) is 0 Å². The first-order valence-electron chi connectivity index (χ1n) is 2.65. The van der Waals surface area contributed by atoms with Crippen LogP contribution < -0.4 is 34.0 Å². The molecule has 0 unspecified atom stereocenters. The average molecular weight is 313 g/mol. The first-order valence-corrected chi connectivity index (χ1v) is 2.65. The van der Waals surface area contributed by atoms with Crippen LogP contribution in [0.4, 0.5) is 0 Å². The molecular formula is C8H8Br2Mg2. The van der Waals surface area contributed by atoms with Gasteiger partial charge in [0.1, 0.15) is 0 Å². The van der Waals surface area contributed by atoms with Crippen LogP contribution in [-0.2, 0) is 0 Å². The summed E-state index contributed by atoms with van der Waals surface area (Å²) in [5.41, 5.74) is 2.30. The predicted molar refractivity (Wildman–Crippen MR) is 45.1 cm³/mol. The molecule has 0 N–H and O–H groups in total. The van der Waals surface area contributed by atoms with Gasteiger partial charge in [-0.25, -0.2) is 0 Å². The maximum absolute atomic E-state index is 3.07. The van der Waals surface area contributed by atoms with Crippen LogP contribution in [0.2, 0.25) is 0 Å². The molecule has 4 heteroatoms. The van der Waals surface area contributed by atoms with Crippen molar-refractivity contribution in [2.24, 2.45) is 0 Å². The number of aryl methyl sites for hydroxylation is 2. The van der Waals surface area contributed by atoms with Crippen molar-refractivity contribution in [3.05, 3.63) is 35.4 Å². The Bertz CT molecular complexity index is 154. The summed E-state index contributed by atoms with van der Waals surface area (Å²) in [7, 11) is 0. The quantitative estimate of drug-likeness (QED) is 0.333. The number of hydrogen-bond donors (Lipinski definition) is 0. The molecule has 0 spiro atoms. The summed E-state index contributed by atoms with van der Waals surface area (Å²) in [5.74, 6) is 0. The summed E-state index contributed by atoms with van der Waals surface area (Å²) >= 11 is 0. The fourth-order valence-corrected chi connectivity index (χ4v) is 0.528. The summed E-state index contributed by atoms with van der Waals surface area (Å²) in [4.78, 5) is 0. The summed E-state index contributed by atoms with van der Waals surface area (Å²) in [6.45, 7) is 4.02. The molecule has 0 heterocycles. The number of halogens is 2. The Kier molecular flexibility index (Phi) is 24.9. The largest absolute Gasteiger partial charge is 2.00 e. The molecular weight excluding hydrogens is 305 g/mol. The Balaban J connectivity index is -0.0000000800. The molecule has 0 saturated heterocycles. The topological polar surface area (TPSA) is 0 Å². The van der Waals surface area contributed by atoms with Gasteiger partial charge in [0, 0.05) is 0 Å². The van der Waals surface area contributed by atoms with Gasteiger partial charge < -0.3 is 46.1 Å². The Morgan fingerprint density at radius 2 is 1.08 bits per heavy atom. The molecule has 0 saturated carbocycles. The van der Waals surface area contributed by atoms with E-state index in [1.165, 1.54) is 0 Å². The molecule has 1 rings (SSSR count). The van der Waals surface area contributed by atoms with Gasteiger partial charge in [0.2, 0.25) is 0 Å². The van der Waals surface area contributed by atoms with Crippen molar-refractivity contribution < 1.29 is 34.0 Å². The Hall–Kier alpha value is 1.71. The number of benzene rings is 1. The van der Waals surface area contributed by atoms with Crippen LogP contribution in [0.15, 0.2) is 12.1 Å². The maximum atomic E-state index is 3.07. The molecule has 0 bridgehead atoms. The zero-order valence-electron chi connectivity index (χ0n) is 7.32. The third-order valence-electron chi connectivity index (χ3n) is 1.03. The maximum Gasteiger partial charge on any atom is 2.00 e. The third-order valence-corrected chi connectivity index (χ3v) is 1.03. The second-order valence-corrected chi connectivity index (χ2v) is 1.94.